The molecule has 0 bridgehead atoms. The van der Waals surface area contributed by atoms with E-state index in [4.69, 9.17) is 16.0 Å². The fourth-order valence-electron chi connectivity index (χ4n) is 1.89. The highest BCUT2D eigenvalue weighted by atomic mass is 35.5. The predicted octanol–water partition coefficient (Wildman–Crippen LogP) is 3.09. The molecule has 2 aromatic rings. The van der Waals surface area contributed by atoms with Gasteiger partial charge in [-0.2, -0.15) is 0 Å². The number of aryl methyl sites for hydroxylation is 1. The minimum atomic E-state index is 0.383. The van der Waals surface area contributed by atoms with Crippen molar-refractivity contribution < 1.29 is 4.42 Å². The van der Waals surface area contributed by atoms with Gasteiger partial charge < -0.3 is 4.42 Å². The molecule has 0 aliphatic carbocycles. The third kappa shape index (κ3) is 4.04. The molecule has 1 aromatic heterocycles. The quantitative estimate of drug-likeness (QED) is 0.843. The summed E-state index contributed by atoms with van der Waals surface area (Å²) < 4.78 is 5.39. The maximum atomic E-state index is 5.88. The number of hydrogen-bond acceptors (Lipinski definition) is 4. The highest BCUT2D eigenvalue weighted by Gasteiger charge is 2.13. The summed E-state index contributed by atoms with van der Waals surface area (Å²) in [6.45, 7) is 4.64. The van der Waals surface area contributed by atoms with Crippen LogP contribution in [0.3, 0.4) is 0 Å². The molecular formula is C14H18ClN3O. The van der Waals surface area contributed by atoms with Crippen molar-refractivity contribution in [2.75, 3.05) is 7.05 Å². The molecule has 19 heavy (non-hydrogen) atoms. The molecule has 2 rings (SSSR count). The van der Waals surface area contributed by atoms with Crippen LogP contribution in [0.25, 0.3) is 0 Å². The lowest BCUT2D eigenvalue weighted by atomic mass is 10.1. The Morgan fingerprint density at radius 1 is 1.26 bits per heavy atom. The summed E-state index contributed by atoms with van der Waals surface area (Å²) in [5, 5.41) is 8.62. The summed E-state index contributed by atoms with van der Waals surface area (Å²) in [7, 11) is 2.06. The monoisotopic (exact) mass is 279 g/mol. The van der Waals surface area contributed by atoms with Gasteiger partial charge in [0.1, 0.15) is 0 Å². The maximum Gasteiger partial charge on any atom is 0.230 e. The van der Waals surface area contributed by atoms with Crippen molar-refractivity contribution in [2.45, 2.75) is 32.9 Å². The van der Waals surface area contributed by atoms with Crippen LogP contribution in [0.4, 0.5) is 0 Å². The Hall–Kier alpha value is -1.39. The molecule has 5 heteroatoms. The summed E-state index contributed by atoms with van der Waals surface area (Å²) in [5.74, 6) is 1.26. The zero-order chi connectivity index (χ0) is 13.8. The van der Waals surface area contributed by atoms with Gasteiger partial charge in [0.25, 0.3) is 0 Å². The normalized spacial score (nSPS) is 12.9. The van der Waals surface area contributed by atoms with Crippen LogP contribution >= 0.6 is 11.6 Å². The zero-order valence-electron chi connectivity index (χ0n) is 11.4. The van der Waals surface area contributed by atoms with Gasteiger partial charge in [0.05, 0.1) is 6.54 Å². The predicted molar refractivity (Wildman–Crippen MR) is 75.1 cm³/mol. The second kappa shape index (κ2) is 6.17. The molecule has 0 radical (unpaired) electrons. The van der Waals surface area contributed by atoms with Crippen molar-refractivity contribution >= 4 is 11.6 Å². The first-order valence-corrected chi connectivity index (χ1v) is 6.66. The van der Waals surface area contributed by atoms with Crippen molar-refractivity contribution in [3.63, 3.8) is 0 Å². The lowest BCUT2D eigenvalue weighted by Crippen LogP contribution is -2.30. The largest absolute Gasteiger partial charge is 0.424 e. The van der Waals surface area contributed by atoms with Crippen molar-refractivity contribution in [2.24, 2.45) is 0 Å². The van der Waals surface area contributed by atoms with E-state index in [1.54, 1.807) is 6.92 Å². The zero-order valence-corrected chi connectivity index (χ0v) is 12.2. The Bertz CT molecular complexity index is 524. The Kier molecular flexibility index (Phi) is 4.56. The van der Waals surface area contributed by atoms with Gasteiger partial charge in [-0.3, -0.25) is 4.90 Å². The highest BCUT2D eigenvalue weighted by molar-refractivity contribution is 6.30. The van der Waals surface area contributed by atoms with E-state index >= 15 is 0 Å². The summed E-state index contributed by atoms with van der Waals surface area (Å²) in [6, 6.07) is 8.34. The van der Waals surface area contributed by atoms with Gasteiger partial charge in [-0.25, -0.2) is 0 Å². The molecule has 102 valence electrons. The topological polar surface area (TPSA) is 42.2 Å². The summed E-state index contributed by atoms with van der Waals surface area (Å²) in [6.07, 6.45) is 0.959. The van der Waals surface area contributed by atoms with Crippen molar-refractivity contribution in [1.29, 1.82) is 0 Å². The van der Waals surface area contributed by atoms with E-state index in [1.165, 1.54) is 5.56 Å². The first-order chi connectivity index (χ1) is 9.04. The van der Waals surface area contributed by atoms with Gasteiger partial charge in [0.2, 0.25) is 11.8 Å². The van der Waals surface area contributed by atoms with Crippen LogP contribution in [-0.2, 0) is 13.0 Å². The minimum Gasteiger partial charge on any atom is -0.424 e. The third-order valence-electron chi connectivity index (χ3n) is 3.15. The van der Waals surface area contributed by atoms with Gasteiger partial charge in [-0.15, -0.1) is 10.2 Å². The molecule has 1 aromatic carbocycles. The van der Waals surface area contributed by atoms with Crippen LogP contribution in [0.2, 0.25) is 5.02 Å². The van der Waals surface area contributed by atoms with E-state index < -0.39 is 0 Å². The Labute approximate surface area is 118 Å². The lowest BCUT2D eigenvalue weighted by molar-refractivity contribution is 0.223. The van der Waals surface area contributed by atoms with Crippen LogP contribution in [0.5, 0.6) is 0 Å². The molecule has 0 amide bonds. The number of nitrogens with zero attached hydrogens (tertiary/aromatic N) is 3. The fourth-order valence-corrected chi connectivity index (χ4v) is 2.01. The van der Waals surface area contributed by atoms with E-state index in [-0.39, 0.29) is 0 Å². The number of hydrogen-bond donors (Lipinski definition) is 0. The molecule has 0 N–H and O–H groups in total. The highest BCUT2D eigenvalue weighted by Crippen LogP contribution is 2.14. The van der Waals surface area contributed by atoms with Gasteiger partial charge in [-0.05, 0) is 38.1 Å². The Morgan fingerprint density at radius 3 is 2.53 bits per heavy atom. The number of halogens is 1. The van der Waals surface area contributed by atoms with Gasteiger partial charge in [-0.1, -0.05) is 23.7 Å². The van der Waals surface area contributed by atoms with Crippen LogP contribution < -0.4 is 0 Å². The van der Waals surface area contributed by atoms with E-state index in [2.05, 4.69) is 41.2 Å². The standard InChI is InChI=1S/C14H18ClN3O/c1-10(8-12-4-6-13(15)7-5-12)18(3)9-14-17-16-11(2)19-14/h4-7,10H,8-9H2,1-3H3. The van der Waals surface area contributed by atoms with Crippen molar-refractivity contribution in [1.82, 2.24) is 15.1 Å². The van der Waals surface area contributed by atoms with E-state index in [0.717, 1.165) is 11.4 Å². The van der Waals surface area contributed by atoms with Crippen LogP contribution in [0, 0.1) is 6.92 Å². The minimum absolute atomic E-state index is 0.383. The second-order valence-electron chi connectivity index (χ2n) is 4.81. The van der Waals surface area contributed by atoms with Crippen LogP contribution in [0.1, 0.15) is 24.3 Å². The van der Waals surface area contributed by atoms with E-state index in [0.29, 0.717) is 24.4 Å². The van der Waals surface area contributed by atoms with Crippen LogP contribution in [0.15, 0.2) is 28.7 Å². The number of aromatic nitrogens is 2. The summed E-state index contributed by atoms with van der Waals surface area (Å²) in [4.78, 5) is 2.20. The molecule has 1 unspecified atom stereocenters. The number of benzene rings is 1. The maximum absolute atomic E-state index is 5.88. The fraction of sp³-hybridized carbons (Fsp3) is 0.429. The molecule has 4 nitrogen and oxygen atoms in total. The average Bonchev–Trinajstić information content (AvgIpc) is 2.77. The lowest BCUT2D eigenvalue weighted by Gasteiger charge is -2.23. The molecule has 0 saturated carbocycles. The first-order valence-electron chi connectivity index (χ1n) is 6.28. The molecular weight excluding hydrogens is 262 g/mol. The first kappa shape index (κ1) is 14.0. The smallest absolute Gasteiger partial charge is 0.230 e. The SMILES string of the molecule is Cc1nnc(CN(C)C(C)Cc2ccc(Cl)cc2)o1. The molecule has 0 saturated heterocycles. The second-order valence-corrected chi connectivity index (χ2v) is 5.25. The van der Waals surface area contributed by atoms with Gasteiger partial charge >= 0.3 is 0 Å². The van der Waals surface area contributed by atoms with Crippen molar-refractivity contribution in [3.05, 3.63) is 46.6 Å². The Balaban J connectivity index is 1.91. The number of rotatable bonds is 5. The molecule has 1 atom stereocenters. The summed E-state index contributed by atoms with van der Waals surface area (Å²) in [5.41, 5.74) is 1.27. The molecule has 0 aliphatic heterocycles. The van der Waals surface area contributed by atoms with Gasteiger partial charge in [0.15, 0.2) is 0 Å². The van der Waals surface area contributed by atoms with Crippen LogP contribution in [-0.4, -0.2) is 28.2 Å². The summed E-state index contributed by atoms with van der Waals surface area (Å²) >= 11 is 5.88. The third-order valence-corrected chi connectivity index (χ3v) is 3.40. The molecule has 0 spiro atoms. The van der Waals surface area contributed by atoms with Crippen molar-refractivity contribution in [3.8, 4) is 0 Å². The van der Waals surface area contributed by atoms with E-state index in [1.807, 2.05) is 12.1 Å². The molecule has 0 aliphatic rings. The molecule has 0 fully saturated rings. The van der Waals surface area contributed by atoms with Gasteiger partial charge in [0, 0.05) is 18.0 Å². The van der Waals surface area contributed by atoms with E-state index in [9.17, 15) is 0 Å². The number of likely N-dealkylation sites (N-methyl/N-ethyl adjacent to an activating group) is 1. The average molecular weight is 280 g/mol. The Morgan fingerprint density at radius 2 is 1.95 bits per heavy atom. The molecule has 1 heterocycles.